The fourth-order valence-electron chi connectivity index (χ4n) is 2.57. The summed E-state index contributed by atoms with van der Waals surface area (Å²) < 4.78 is 43.5. The number of alkyl halides is 3. The highest BCUT2D eigenvalue weighted by molar-refractivity contribution is 5.92. The molecular weight excluding hydrogens is 325 g/mol. The fraction of sp³-hybridized carbons (Fsp3) is 0.562. The van der Waals surface area contributed by atoms with Gasteiger partial charge in [-0.05, 0) is 44.0 Å². The molecule has 1 amide bonds. The summed E-state index contributed by atoms with van der Waals surface area (Å²) in [7, 11) is 0. The molecule has 8 heteroatoms. The second kappa shape index (κ2) is 7.40. The molecule has 0 atom stereocenters. The predicted molar refractivity (Wildman–Crippen MR) is 82.9 cm³/mol. The number of carbonyl (C=O) groups excluding carboxylic acids is 1. The van der Waals surface area contributed by atoms with Crippen molar-refractivity contribution in [3.63, 3.8) is 0 Å². The average molecular weight is 346 g/mol. The van der Waals surface area contributed by atoms with Gasteiger partial charge in [-0.25, -0.2) is 0 Å². The van der Waals surface area contributed by atoms with E-state index in [1.165, 1.54) is 0 Å². The number of likely N-dealkylation sites (tertiary alicyclic amines) is 1. The van der Waals surface area contributed by atoms with Crippen LogP contribution in [0, 0.1) is 0 Å². The van der Waals surface area contributed by atoms with Crippen molar-refractivity contribution in [3.05, 3.63) is 24.3 Å². The minimum atomic E-state index is -4.64. The number of halogens is 3. The summed E-state index contributed by atoms with van der Waals surface area (Å²) >= 11 is 0. The minimum absolute atomic E-state index is 0.0127. The Labute approximate surface area is 138 Å². The summed E-state index contributed by atoms with van der Waals surface area (Å²) in [6.07, 6.45) is -5.48. The van der Waals surface area contributed by atoms with Gasteiger partial charge in [-0.15, -0.1) is 0 Å². The first-order chi connectivity index (χ1) is 11.2. The van der Waals surface area contributed by atoms with Gasteiger partial charge in [0.1, 0.15) is 5.75 Å². The second-order valence-electron chi connectivity index (χ2n) is 5.81. The number of rotatable bonds is 5. The summed E-state index contributed by atoms with van der Waals surface area (Å²) in [5, 5.41) is 12.3. The van der Waals surface area contributed by atoms with Gasteiger partial charge in [0.2, 0.25) is 5.91 Å². The van der Waals surface area contributed by atoms with Gasteiger partial charge in [-0.1, -0.05) is 0 Å². The number of carbonyl (C=O) groups is 1. The minimum Gasteiger partial charge on any atom is -0.494 e. The number of amides is 1. The molecule has 0 spiro atoms. The van der Waals surface area contributed by atoms with Gasteiger partial charge >= 0.3 is 6.18 Å². The Balaban J connectivity index is 1.81. The number of ether oxygens (including phenoxy) is 1. The first kappa shape index (κ1) is 18.5. The molecule has 2 N–H and O–H groups in total. The predicted octanol–water partition coefficient (Wildman–Crippen LogP) is 2.41. The quantitative estimate of drug-likeness (QED) is 0.860. The number of hydrogen-bond donors (Lipinski definition) is 2. The number of benzene rings is 1. The monoisotopic (exact) mass is 346 g/mol. The summed E-state index contributed by atoms with van der Waals surface area (Å²) in [6.45, 7) is 2.44. The highest BCUT2D eigenvalue weighted by Gasteiger charge is 2.54. The number of nitrogens with one attached hydrogen (secondary N) is 1. The Morgan fingerprint density at radius 1 is 1.29 bits per heavy atom. The van der Waals surface area contributed by atoms with Crippen molar-refractivity contribution >= 4 is 11.6 Å². The molecule has 1 fully saturated rings. The second-order valence-corrected chi connectivity index (χ2v) is 5.81. The molecule has 0 aromatic heterocycles. The van der Waals surface area contributed by atoms with Gasteiger partial charge in [0.05, 0.1) is 13.2 Å². The maximum atomic E-state index is 12.7. The number of nitrogens with zero attached hydrogens (tertiary/aromatic N) is 1. The third kappa shape index (κ3) is 4.61. The molecule has 1 heterocycles. The Morgan fingerprint density at radius 2 is 1.88 bits per heavy atom. The van der Waals surface area contributed by atoms with E-state index in [2.05, 4.69) is 5.32 Å². The molecule has 0 saturated carbocycles. The van der Waals surface area contributed by atoms with Crippen LogP contribution in [0.3, 0.4) is 0 Å². The molecule has 5 nitrogen and oxygen atoms in total. The van der Waals surface area contributed by atoms with Gasteiger partial charge < -0.3 is 15.2 Å². The number of piperidine rings is 1. The average Bonchev–Trinajstić information content (AvgIpc) is 2.51. The van der Waals surface area contributed by atoms with E-state index in [4.69, 9.17) is 4.74 Å². The number of aliphatic hydroxyl groups is 1. The molecular formula is C16H21F3N2O3. The van der Waals surface area contributed by atoms with Crippen LogP contribution in [0.15, 0.2) is 24.3 Å². The molecule has 0 unspecified atom stereocenters. The highest BCUT2D eigenvalue weighted by Crippen LogP contribution is 2.38. The maximum absolute atomic E-state index is 12.7. The van der Waals surface area contributed by atoms with Crippen LogP contribution in [0.1, 0.15) is 19.8 Å². The molecule has 0 aliphatic carbocycles. The van der Waals surface area contributed by atoms with Crippen LogP contribution in [-0.4, -0.2) is 53.9 Å². The highest BCUT2D eigenvalue weighted by atomic mass is 19.4. The standard InChI is InChI=1S/C16H21F3N2O3/c1-2-24-13-5-3-12(4-6-13)20-14(22)11-21-9-7-15(23,8-10-21)16(17,18)19/h3-6,23H,2,7-11H2,1H3,(H,20,22). The molecule has 1 aromatic rings. The van der Waals surface area contributed by atoms with E-state index in [1.54, 1.807) is 29.2 Å². The third-order valence-corrected chi connectivity index (χ3v) is 4.03. The first-order valence-corrected chi connectivity index (χ1v) is 7.78. The van der Waals surface area contributed by atoms with Crippen molar-refractivity contribution in [1.29, 1.82) is 0 Å². The zero-order valence-corrected chi connectivity index (χ0v) is 13.4. The Morgan fingerprint density at radius 3 is 2.38 bits per heavy atom. The lowest BCUT2D eigenvalue weighted by atomic mass is 9.91. The summed E-state index contributed by atoms with van der Waals surface area (Å²) in [5.74, 6) is 0.384. The molecule has 1 aliphatic rings. The number of anilines is 1. The van der Waals surface area contributed by atoms with Crippen molar-refractivity contribution in [2.75, 3.05) is 31.6 Å². The lowest BCUT2D eigenvalue weighted by Crippen LogP contribution is -2.54. The van der Waals surface area contributed by atoms with Gasteiger partial charge in [0, 0.05) is 18.8 Å². The van der Waals surface area contributed by atoms with Gasteiger partial charge in [-0.2, -0.15) is 13.2 Å². The number of hydrogen-bond acceptors (Lipinski definition) is 4. The van der Waals surface area contributed by atoms with E-state index in [0.717, 1.165) is 0 Å². The fourth-order valence-corrected chi connectivity index (χ4v) is 2.57. The van der Waals surface area contributed by atoms with Gasteiger partial charge in [-0.3, -0.25) is 9.69 Å². The van der Waals surface area contributed by atoms with Crippen molar-refractivity contribution in [2.24, 2.45) is 0 Å². The van der Waals surface area contributed by atoms with Crippen molar-refractivity contribution in [3.8, 4) is 5.75 Å². The maximum Gasteiger partial charge on any atom is 0.417 e. The van der Waals surface area contributed by atoms with E-state index in [0.29, 0.717) is 18.0 Å². The lowest BCUT2D eigenvalue weighted by molar-refractivity contribution is -0.272. The molecule has 1 aromatic carbocycles. The van der Waals surface area contributed by atoms with Crippen LogP contribution in [0.2, 0.25) is 0 Å². The Hall–Kier alpha value is -1.80. The topological polar surface area (TPSA) is 61.8 Å². The van der Waals surface area contributed by atoms with Gasteiger partial charge in [0.25, 0.3) is 0 Å². The van der Waals surface area contributed by atoms with Crippen molar-refractivity contribution in [1.82, 2.24) is 4.90 Å². The van der Waals surface area contributed by atoms with Crippen LogP contribution >= 0.6 is 0 Å². The van der Waals surface area contributed by atoms with Gasteiger partial charge in [0.15, 0.2) is 5.60 Å². The zero-order valence-electron chi connectivity index (χ0n) is 13.4. The van der Waals surface area contributed by atoms with Crippen LogP contribution < -0.4 is 10.1 Å². The summed E-state index contributed by atoms with van der Waals surface area (Å²) in [4.78, 5) is 13.6. The Bertz CT molecular complexity index is 553. The third-order valence-electron chi connectivity index (χ3n) is 4.03. The van der Waals surface area contributed by atoms with Crippen molar-refractivity contribution in [2.45, 2.75) is 31.5 Å². The van der Waals surface area contributed by atoms with E-state index in [-0.39, 0.29) is 25.5 Å². The van der Waals surface area contributed by atoms with Crippen molar-refractivity contribution < 1.29 is 27.8 Å². The van der Waals surface area contributed by atoms with Crippen LogP contribution in [0.25, 0.3) is 0 Å². The molecule has 134 valence electrons. The largest absolute Gasteiger partial charge is 0.494 e. The van der Waals surface area contributed by atoms with E-state index >= 15 is 0 Å². The van der Waals surface area contributed by atoms with E-state index in [1.807, 2.05) is 6.92 Å². The van der Waals surface area contributed by atoms with Crippen LogP contribution in [-0.2, 0) is 4.79 Å². The molecule has 2 rings (SSSR count). The smallest absolute Gasteiger partial charge is 0.417 e. The summed E-state index contributed by atoms with van der Waals surface area (Å²) in [5.41, 5.74) is -2.05. The first-order valence-electron chi connectivity index (χ1n) is 7.78. The van der Waals surface area contributed by atoms with E-state index in [9.17, 15) is 23.1 Å². The molecule has 0 bridgehead atoms. The molecule has 24 heavy (non-hydrogen) atoms. The van der Waals surface area contributed by atoms with Crippen LogP contribution in [0.5, 0.6) is 5.75 Å². The molecule has 0 radical (unpaired) electrons. The Kier molecular flexibility index (Phi) is 5.71. The van der Waals surface area contributed by atoms with E-state index < -0.39 is 24.6 Å². The normalized spacial score (nSPS) is 18.2. The molecule has 1 aliphatic heterocycles. The lowest BCUT2D eigenvalue weighted by Gasteiger charge is -2.38. The van der Waals surface area contributed by atoms with Crippen LogP contribution in [0.4, 0.5) is 18.9 Å². The SMILES string of the molecule is CCOc1ccc(NC(=O)CN2CCC(O)(C(F)(F)F)CC2)cc1. The zero-order chi connectivity index (χ0) is 17.8. The molecule has 1 saturated heterocycles. The summed E-state index contributed by atoms with van der Waals surface area (Å²) in [6, 6.07) is 6.84.